The Morgan fingerprint density at radius 3 is 1.60 bits per heavy atom. The molecule has 2 aromatic heterocycles. The van der Waals surface area contributed by atoms with Gasteiger partial charge in [0.1, 0.15) is 0 Å². The molecular weight excluding hydrogens is 647 g/mol. The highest BCUT2D eigenvalue weighted by Crippen LogP contribution is 2.37. The molecule has 0 unspecified atom stereocenters. The number of halogens is 2. The molecule has 0 amide bonds. The zero-order valence-corrected chi connectivity index (χ0v) is 29.8. The van der Waals surface area contributed by atoms with Crippen LogP contribution in [0.4, 0.5) is 11.4 Å². The van der Waals surface area contributed by atoms with Gasteiger partial charge in [0.05, 0.1) is 36.5 Å². The molecule has 8 nitrogen and oxygen atoms in total. The van der Waals surface area contributed by atoms with Crippen LogP contribution in [-0.4, -0.2) is 50.5 Å². The van der Waals surface area contributed by atoms with E-state index < -0.39 is 0 Å². The molecule has 2 saturated carbocycles. The Labute approximate surface area is 294 Å². The summed E-state index contributed by atoms with van der Waals surface area (Å²) in [4.78, 5) is 12.4. The molecule has 4 aromatic rings. The van der Waals surface area contributed by atoms with E-state index in [1.807, 2.05) is 43.6 Å². The third-order valence-corrected chi connectivity index (χ3v) is 9.51. The van der Waals surface area contributed by atoms with E-state index in [0.717, 1.165) is 72.2 Å². The molecule has 0 bridgehead atoms. The zero-order chi connectivity index (χ0) is 33.9. The van der Waals surface area contributed by atoms with Gasteiger partial charge in [0.2, 0.25) is 0 Å². The van der Waals surface area contributed by atoms with Crippen molar-refractivity contribution >= 4 is 34.6 Å². The van der Waals surface area contributed by atoms with Crippen molar-refractivity contribution < 1.29 is 18.9 Å². The predicted octanol–water partition coefficient (Wildman–Crippen LogP) is 9.40. The number of pyridine rings is 2. The highest BCUT2D eigenvalue weighted by molar-refractivity contribution is 6.35. The van der Waals surface area contributed by atoms with Crippen LogP contribution in [0.5, 0.6) is 23.0 Å². The molecule has 6 rings (SSSR count). The van der Waals surface area contributed by atoms with Gasteiger partial charge in [-0.05, 0) is 87.3 Å². The lowest BCUT2D eigenvalue weighted by atomic mass is 10.2. The molecule has 0 spiro atoms. The fourth-order valence-electron chi connectivity index (χ4n) is 6.14. The van der Waals surface area contributed by atoms with Crippen LogP contribution in [0.25, 0.3) is 0 Å². The minimum Gasteiger partial charge on any atom is -0.493 e. The number of methoxy groups -OCH3 is 2. The fourth-order valence-corrected chi connectivity index (χ4v) is 6.62. The lowest BCUT2D eigenvalue weighted by Gasteiger charge is -2.23. The van der Waals surface area contributed by atoms with Crippen molar-refractivity contribution in [3.05, 3.63) is 94.5 Å². The minimum atomic E-state index is 0.276. The van der Waals surface area contributed by atoms with Gasteiger partial charge < -0.3 is 28.7 Å². The lowest BCUT2D eigenvalue weighted by Crippen LogP contribution is -2.18. The number of hydrogen-bond donors (Lipinski definition) is 0. The Kier molecular flexibility index (Phi) is 12.9. The first-order valence-electron chi connectivity index (χ1n) is 16.6. The molecular formula is C38H46Cl2N4O4. The van der Waals surface area contributed by atoms with Crippen molar-refractivity contribution in [1.82, 2.24) is 9.97 Å². The summed E-state index contributed by atoms with van der Waals surface area (Å²) in [5.74, 6) is 3.18. The van der Waals surface area contributed by atoms with Gasteiger partial charge in [-0.15, -0.1) is 0 Å². The third-order valence-electron chi connectivity index (χ3n) is 8.86. The maximum absolute atomic E-state index is 6.24. The molecule has 2 aliphatic rings. The molecule has 0 aliphatic heterocycles. The molecule has 48 heavy (non-hydrogen) atoms. The lowest BCUT2D eigenvalue weighted by molar-refractivity contribution is 0.200. The van der Waals surface area contributed by atoms with E-state index in [0.29, 0.717) is 22.7 Å². The molecule has 0 atom stereocenters. The van der Waals surface area contributed by atoms with Gasteiger partial charge in [-0.25, -0.2) is 0 Å². The SMILES string of the molecule is COc1ccc(N(C)Cc2c(Cl)cncc2Cl)cc1OC1CCCC1.COc1ccc(N(C)Cc2cccnc2)cc1OC1CCCC1. The molecule has 0 radical (unpaired) electrons. The van der Waals surface area contributed by atoms with Gasteiger partial charge in [-0.2, -0.15) is 0 Å². The molecule has 0 N–H and O–H groups in total. The van der Waals surface area contributed by atoms with Crippen LogP contribution in [0, 0.1) is 0 Å². The number of aromatic nitrogens is 2. The number of hydrogen-bond acceptors (Lipinski definition) is 8. The summed E-state index contributed by atoms with van der Waals surface area (Å²) >= 11 is 12.5. The Morgan fingerprint density at radius 2 is 1.15 bits per heavy atom. The first kappa shape index (κ1) is 35.4. The smallest absolute Gasteiger partial charge is 0.163 e. The molecule has 2 heterocycles. The summed E-state index contributed by atoms with van der Waals surface area (Å²) < 4.78 is 23.3. The first-order chi connectivity index (χ1) is 23.3. The summed E-state index contributed by atoms with van der Waals surface area (Å²) in [5.41, 5.74) is 4.17. The molecule has 0 saturated heterocycles. The van der Waals surface area contributed by atoms with Crippen LogP contribution in [0.2, 0.25) is 10.0 Å². The van der Waals surface area contributed by atoms with Crippen molar-refractivity contribution in [3.8, 4) is 23.0 Å². The van der Waals surface area contributed by atoms with Gasteiger partial charge >= 0.3 is 0 Å². The quantitative estimate of drug-likeness (QED) is 0.145. The first-order valence-corrected chi connectivity index (χ1v) is 17.4. The van der Waals surface area contributed by atoms with E-state index >= 15 is 0 Å². The van der Waals surface area contributed by atoms with Crippen LogP contribution in [0.3, 0.4) is 0 Å². The second kappa shape index (κ2) is 17.5. The minimum absolute atomic E-state index is 0.276. The summed E-state index contributed by atoms with van der Waals surface area (Å²) in [5, 5.41) is 1.13. The summed E-state index contributed by atoms with van der Waals surface area (Å²) in [7, 11) is 7.43. The Morgan fingerprint density at radius 1 is 0.646 bits per heavy atom. The Bertz CT molecular complexity index is 1580. The van der Waals surface area contributed by atoms with Crippen molar-refractivity contribution in [2.45, 2.75) is 76.7 Å². The van der Waals surface area contributed by atoms with Crippen molar-refractivity contribution in [2.24, 2.45) is 0 Å². The van der Waals surface area contributed by atoms with E-state index in [1.54, 1.807) is 32.8 Å². The molecule has 10 heteroatoms. The standard InChI is InChI=1S/C19H22Cl2N2O2.C19H24N2O2/c1-23(12-15-16(20)10-22-11-17(15)21)13-7-8-18(24-2)19(9-13)25-14-5-3-4-6-14;1-21(14-15-6-5-11-20-13-15)16-9-10-18(22-2)19(12-16)23-17-7-3-4-8-17/h7-11,14H,3-6,12H2,1-2H3;5-6,9-13,17H,3-4,7-8,14H2,1-2H3. The van der Waals surface area contributed by atoms with Gasteiger partial charge in [-0.3, -0.25) is 9.97 Å². The largest absolute Gasteiger partial charge is 0.493 e. The van der Waals surface area contributed by atoms with Gasteiger partial charge in [0.15, 0.2) is 23.0 Å². The fraction of sp³-hybridized carbons (Fsp3) is 0.421. The molecule has 256 valence electrons. The second-order valence-corrected chi connectivity index (χ2v) is 13.2. The average Bonchev–Trinajstić information content (AvgIpc) is 3.82. The zero-order valence-electron chi connectivity index (χ0n) is 28.3. The van der Waals surface area contributed by atoms with Crippen LogP contribution in [-0.2, 0) is 13.1 Å². The Balaban J connectivity index is 0.000000188. The van der Waals surface area contributed by atoms with E-state index in [-0.39, 0.29) is 6.10 Å². The van der Waals surface area contributed by atoms with E-state index in [9.17, 15) is 0 Å². The molecule has 2 aromatic carbocycles. The Hall–Kier alpha value is -3.88. The van der Waals surface area contributed by atoms with Crippen LogP contribution in [0.1, 0.15) is 62.5 Å². The maximum atomic E-state index is 6.24. The number of anilines is 2. The maximum Gasteiger partial charge on any atom is 0.163 e. The average molecular weight is 694 g/mol. The number of ether oxygens (including phenoxy) is 4. The van der Waals surface area contributed by atoms with E-state index in [2.05, 4.69) is 45.0 Å². The van der Waals surface area contributed by atoms with Crippen LogP contribution < -0.4 is 28.7 Å². The van der Waals surface area contributed by atoms with E-state index in [4.69, 9.17) is 42.1 Å². The second-order valence-electron chi connectivity index (χ2n) is 12.4. The predicted molar refractivity (Wildman–Crippen MR) is 194 cm³/mol. The van der Waals surface area contributed by atoms with Crippen LogP contribution >= 0.6 is 23.2 Å². The van der Waals surface area contributed by atoms with Crippen molar-refractivity contribution in [3.63, 3.8) is 0 Å². The van der Waals surface area contributed by atoms with Crippen molar-refractivity contribution in [1.29, 1.82) is 0 Å². The topological polar surface area (TPSA) is 69.2 Å². The third kappa shape index (κ3) is 9.60. The van der Waals surface area contributed by atoms with E-state index in [1.165, 1.54) is 31.2 Å². The summed E-state index contributed by atoms with van der Waals surface area (Å²) in [6, 6.07) is 16.1. The number of rotatable bonds is 12. The highest BCUT2D eigenvalue weighted by atomic mass is 35.5. The van der Waals surface area contributed by atoms with Crippen molar-refractivity contribution in [2.75, 3.05) is 38.1 Å². The number of benzene rings is 2. The molecule has 2 aliphatic carbocycles. The number of nitrogens with zero attached hydrogens (tertiary/aromatic N) is 4. The summed E-state index contributed by atoms with van der Waals surface area (Å²) in [6.07, 6.45) is 17.0. The van der Waals surface area contributed by atoms with Gasteiger partial charge in [-0.1, -0.05) is 29.3 Å². The monoisotopic (exact) mass is 692 g/mol. The van der Waals surface area contributed by atoms with Gasteiger partial charge in [0, 0.05) is 81.0 Å². The highest BCUT2D eigenvalue weighted by Gasteiger charge is 2.21. The summed E-state index contributed by atoms with van der Waals surface area (Å²) in [6.45, 7) is 1.39. The van der Waals surface area contributed by atoms with Crippen LogP contribution in [0.15, 0.2) is 73.3 Å². The molecule has 2 fully saturated rings. The normalized spacial score (nSPS) is 14.6. The van der Waals surface area contributed by atoms with Gasteiger partial charge in [0.25, 0.3) is 0 Å².